The van der Waals surface area contributed by atoms with Crippen molar-refractivity contribution in [3.05, 3.63) is 154 Å². The van der Waals surface area contributed by atoms with Gasteiger partial charge in [-0.3, -0.25) is 4.79 Å². The Morgan fingerprint density at radius 3 is 2.41 bits per heavy atom. The van der Waals surface area contributed by atoms with Gasteiger partial charge in [-0.1, -0.05) is 67.3 Å². The van der Waals surface area contributed by atoms with Gasteiger partial charge in [0, 0.05) is 53.6 Å². The van der Waals surface area contributed by atoms with Gasteiger partial charge in [-0.2, -0.15) is 5.10 Å². The third-order valence-electron chi connectivity index (χ3n) is 13.2. The first-order chi connectivity index (χ1) is 35.6. The number of benzene rings is 4. The van der Waals surface area contributed by atoms with Crippen LogP contribution in [0.25, 0.3) is 45.3 Å². The van der Waals surface area contributed by atoms with E-state index in [1.165, 1.54) is 44.8 Å². The van der Waals surface area contributed by atoms with Crippen molar-refractivity contribution in [2.24, 2.45) is 0 Å². The van der Waals surface area contributed by atoms with Crippen molar-refractivity contribution in [1.29, 1.82) is 0 Å². The average molecular weight is 1010 g/mol. The van der Waals surface area contributed by atoms with E-state index < -0.39 is 0 Å². The van der Waals surface area contributed by atoms with Crippen molar-refractivity contribution >= 4 is 51.8 Å². The van der Waals surface area contributed by atoms with Crippen LogP contribution in [0.2, 0.25) is 5.02 Å². The van der Waals surface area contributed by atoms with Crippen LogP contribution in [-0.2, 0) is 35.8 Å². The molecule has 1 aliphatic heterocycles. The minimum atomic E-state index is -0.261. The number of anilines is 2. The summed E-state index contributed by atoms with van der Waals surface area (Å²) in [5.74, 6) is 1.65. The Morgan fingerprint density at radius 2 is 1.67 bits per heavy atom. The molecule has 0 atom stereocenters. The highest BCUT2D eigenvalue weighted by molar-refractivity contribution is 6.30. The van der Waals surface area contributed by atoms with E-state index in [2.05, 4.69) is 29.5 Å². The van der Waals surface area contributed by atoms with E-state index in [0.717, 1.165) is 89.4 Å². The second-order valence-electron chi connectivity index (χ2n) is 17.9. The first kappa shape index (κ1) is 50.4. The van der Waals surface area contributed by atoms with Crippen LogP contribution in [0.4, 0.5) is 16.2 Å². The maximum absolute atomic E-state index is 13.3. The van der Waals surface area contributed by atoms with Gasteiger partial charge in [0.25, 0.3) is 0 Å². The van der Waals surface area contributed by atoms with Gasteiger partial charge >= 0.3 is 0 Å². The Hall–Kier alpha value is -7.57. The lowest BCUT2D eigenvalue weighted by Gasteiger charge is -2.25. The number of hydrogen-bond donors (Lipinski definition) is 4. The second-order valence-corrected chi connectivity index (χ2v) is 18.3. The Morgan fingerprint density at radius 1 is 0.877 bits per heavy atom. The van der Waals surface area contributed by atoms with E-state index in [4.69, 9.17) is 42.4 Å². The summed E-state index contributed by atoms with van der Waals surface area (Å²) in [6, 6.07) is 27.3. The zero-order valence-corrected chi connectivity index (χ0v) is 41.1. The van der Waals surface area contributed by atoms with Gasteiger partial charge in [-0.05, 0) is 109 Å². The molecule has 1 saturated heterocycles. The lowest BCUT2D eigenvalue weighted by Crippen LogP contribution is -2.21. The maximum atomic E-state index is 13.3. The van der Waals surface area contributed by atoms with Crippen molar-refractivity contribution in [2.45, 2.75) is 83.3 Å². The van der Waals surface area contributed by atoms with Gasteiger partial charge in [-0.15, -0.1) is 0 Å². The highest BCUT2D eigenvalue weighted by Crippen LogP contribution is 2.38. The quantitative estimate of drug-likeness (QED) is 0.0886. The first-order valence-electron chi connectivity index (χ1n) is 24.2. The number of Topliss-reactive ketones (excluding diaryl/α,β-unsaturated/α-hetero) is 1. The number of aliphatic hydroxyl groups is 2. The van der Waals surface area contributed by atoms with E-state index in [9.17, 15) is 19.4 Å². The van der Waals surface area contributed by atoms with Gasteiger partial charge in [0.15, 0.2) is 11.4 Å². The molecule has 0 spiro atoms. The summed E-state index contributed by atoms with van der Waals surface area (Å²) in [6.07, 6.45) is 15.0. The van der Waals surface area contributed by atoms with E-state index in [1.54, 1.807) is 48.7 Å². The molecule has 0 radical (unpaired) electrons. The molecule has 18 heteroatoms. The molecule has 6 N–H and O–H groups in total. The van der Waals surface area contributed by atoms with Crippen molar-refractivity contribution in [3.8, 4) is 34.1 Å². The summed E-state index contributed by atoms with van der Waals surface area (Å²) in [5, 5.41) is 25.1. The van der Waals surface area contributed by atoms with E-state index >= 15 is 0 Å². The number of imidazole rings is 1. The minimum Gasteiger partial charge on any atom is -0.496 e. The number of allylic oxidation sites excluding steroid dienone is 1. The molecule has 16 nitrogen and oxygen atoms in total. The Kier molecular flexibility index (Phi) is 16.1. The number of nitrogen functional groups attached to an aromatic ring is 2. The molecular formula is C55H56ClFN10O6. The number of ketones is 1. The number of aromatic nitrogens is 8. The average Bonchev–Trinajstić information content (AvgIpc) is 4.13. The molecule has 1 saturated carbocycles. The smallest absolute Gasteiger partial charge is 0.220 e. The maximum Gasteiger partial charge on any atom is 0.220 e. The SMILES string of the molecule is COc1cc(CO)cc(CO)c1/C=C1/C(=O)Cc2ccccc21.Nc1nccc(-c2c(-c3ccc(F)cc3)ncn2C2CCCCC2)n1.Nc1ncnc2c1c(COc1cccc(Cl)c1)nn2C1CCOCC1. The molecule has 8 aromatic rings. The number of rotatable bonds is 11. The van der Waals surface area contributed by atoms with Gasteiger partial charge in [0.05, 0.1) is 55.2 Å². The van der Waals surface area contributed by atoms with Crippen LogP contribution in [0, 0.1) is 5.82 Å². The summed E-state index contributed by atoms with van der Waals surface area (Å²) in [6.45, 7) is 1.38. The fourth-order valence-corrected chi connectivity index (χ4v) is 9.78. The summed E-state index contributed by atoms with van der Waals surface area (Å²) < 4.78 is 34.1. The fraction of sp³-hybridized carbons (Fsp3) is 0.291. The van der Waals surface area contributed by atoms with E-state index in [1.807, 2.05) is 53.5 Å². The summed E-state index contributed by atoms with van der Waals surface area (Å²) >= 11 is 6.00. The second kappa shape index (κ2) is 23.3. The monoisotopic (exact) mass is 1010 g/mol. The molecular weight excluding hydrogens is 951 g/mol. The van der Waals surface area contributed by atoms with Crippen molar-refractivity contribution in [1.82, 2.24) is 39.3 Å². The topological polar surface area (TPSA) is 224 Å². The molecule has 3 aliphatic rings. The number of ether oxygens (including phenoxy) is 3. The van der Waals surface area contributed by atoms with Crippen LogP contribution in [0.15, 0.2) is 110 Å². The number of carbonyl (C=O) groups is 1. The Balaban J connectivity index is 0.000000135. The number of hydrogen-bond acceptors (Lipinski definition) is 14. The zero-order chi connectivity index (χ0) is 50.8. The highest BCUT2D eigenvalue weighted by atomic mass is 35.5. The van der Waals surface area contributed by atoms with Crippen molar-refractivity contribution in [3.63, 3.8) is 0 Å². The number of carbonyl (C=O) groups excluding carboxylic acids is 1. The number of aliphatic hydroxyl groups excluding tert-OH is 2. The van der Waals surface area contributed by atoms with Crippen molar-refractivity contribution < 1.29 is 33.6 Å². The molecule has 0 unspecified atom stereocenters. The minimum absolute atomic E-state index is 0.0587. The fourth-order valence-electron chi connectivity index (χ4n) is 9.60. The molecule has 5 heterocycles. The molecule has 2 fully saturated rings. The van der Waals surface area contributed by atoms with Gasteiger partial charge in [0.2, 0.25) is 5.95 Å². The lowest BCUT2D eigenvalue weighted by atomic mass is 9.95. The van der Waals surface area contributed by atoms with Crippen molar-refractivity contribution in [2.75, 3.05) is 31.8 Å². The molecule has 11 rings (SSSR count). The lowest BCUT2D eigenvalue weighted by molar-refractivity contribution is -0.112. The first-order valence-corrected chi connectivity index (χ1v) is 24.6. The van der Waals surface area contributed by atoms with Gasteiger partial charge < -0.3 is 40.5 Å². The Labute approximate surface area is 426 Å². The number of nitrogens with zero attached hydrogens (tertiary/aromatic N) is 8. The largest absolute Gasteiger partial charge is 0.496 e. The summed E-state index contributed by atoms with van der Waals surface area (Å²) in [5.41, 5.74) is 21.2. The summed E-state index contributed by atoms with van der Waals surface area (Å²) in [7, 11) is 1.53. The molecule has 0 bridgehead atoms. The van der Waals surface area contributed by atoms with E-state index in [0.29, 0.717) is 57.1 Å². The molecule has 2 aliphatic carbocycles. The highest BCUT2D eigenvalue weighted by Gasteiger charge is 2.27. The van der Waals surface area contributed by atoms with Gasteiger partial charge in [0.1, 0.15) is 41.8 Å². The van der Waals surface area contributed by atoms with Crippen LogP contribution >= 0.6 is 11.6 Å². The molecule has 4 aromatic carbocycles. The summed E-state index contributed by atoms with van der Waals surface area (Å²) in [4.78, 5) is 33.9. The van der Waals surface area contributed by atoms with Crippen LogP contribution in [-0.4, -0.2) is 75.6 Å². The van der Waals surface area contributed by atoms with Crippen LogP contribution in [0.1, 0.15) is 90.5 Å². The number of fused-ring (bicyclic) bond motifs is 2. The van der Waals surface area contributed by atoms with Crippen LogP contribution < -0.4 is 20.9 Å². The number of methoxy groups -OCH3 is 1. The van der Waals surface area contributed by atoms with Crippen LogP contribution in [0.3, 0.4) is 0 Å². The molecule has 73 heavy (non-hydrogen) atoms. The predicted octanol–water partition coefficient (Wildman–Crippen LogP) is 9.57. The number of nitrogens with two attached hydrogens (primary N) is 2. The third-order valence-corrected chi connectivity index (χ3v) is 13.4. The molecule has 376 valence electrons. The van der Waals surface area contributed by atoms with E-state index in [-0.39, 0.29) is 43.4 Å². The normalized spacial score (nSPS) is 15.4. The molecule has 0 amide bonds. The standard InChI is InChI=1S/C19H20FN5.C19H18O4.C17H18ClN5O2/c20-14-8-6-13(7-9-14)17-18(16-10-11-22-19(21)24-16)25(12-23-17)15-4-2-1-3-5-15;1-23-19-7-12(10-20)6-14(11-21)16(19)9-17-15-5-3-2-4-13(15)8-18(17)22;18-11-2-1-3-13(8-11)25-9-14-15-16(19)20-10-21-17(15)23(22-14)12-4-6-24-7-5-12/h6-12,15H,1-5H2,(H2,21,22,24);2-7,9,20-21H,8,10-11H2,1H3;1-3,8,10,12H,4-7,9H2,(H2,19,20,21)/b;17-9+;. The molecule has 4 aromatic heterocycles. The number of halogens is 2. The van der Waals surface area contributed by atoms with Gasteiger partial charge in [-0.25, -0.2) is 34.0 Å². The third kappa shape index (κ3) is 11.6. The Bertz CT molecular complexity index is 3220. The predicted molar refractivity (Wildman–Crippen MR) is 278 cm³/mol. The zero-order valence-electron chi connectivity index (χ0n) is 40.3. The van der Waals surface area contributed by atoms with Crippen LogP contribution in [0.5, 0.6) is 11.5 Å².